The van der Waals surface area contributed by atoms with Crippen LogP contribution in [0.2, 0.25) is 0 Å². The minimum absolute atomic E-state index is 1.10. The van der Waals surface area contributed by atoms with Gasteiger partial charge in [-0.15, -0.1) is 0 Å². The van der Waals surface area contributed by atoms with Crippen LogP contribution in [-0.4, -0.2) is 20.0 Å². The Hall–Kier alpha value is -0.350. The summed E-state index contributed by atoms with van der Waals surface area (Å²) in [5, 5.41) is 1.62. The number of hydrogen-bond donors (Lipinski definition) is 0. The molecule has 0 saturated heterocycles. The van der Waals surface area contributed by atoms with Crippen LogP contribution in [0, 0.1) is 0 Å². The average Bonchev–Trinajstić information content (AvgIpc) is 2.03. The van der Waals surface area contributed by atoms with Crippen LogP contribution in [0.3, 0.4) is 0 Å². The quantitative estimate of drug-likeness (QED) is 0.616. The maximum absolute atomic E-state index is 2.40. The fourth-order valence-corrected chi connectivity index (χ4v) is 3.38. The van der Waals surface area contributed by atoms with Crippen molar-refractivity contribution < 1.29 is 0 Å². The molecule has 1 rings (SSSR count). The molecular formula is C11H19P. The summed E-state index contributed by atoms with van der Waals surface area (Å²) in [6.07, 6.45) is 1.17. The van der Waals surface area contributed by atoms with Gasteiger partial charge in [-0.3, -0.25) is 0 Å². The molecule has 1 heteroatoms. The van der Waals surface area contributed by atoms with E-state index in [0.29, 0.717) is 0 Å². The van der Waals surface area contributed by atoms with Crippen LogP contribution < -0.4 is 5.30 Å². The Morgan fingerprint density at radius 3 is 2.08 bits per heavy atom. The summed E-state index contributed by atoms with van der Waals surface area (Å²) in [7, 11) is -1.10. The van der Waals surface area contributed by atoms with Crippen LogP contribution in [-0.2, 0) is 6.42 Å². The summed E-state index contributed by atoms with van der Waals surface area (Å²) in [6.45, 7) is 9.45. The summed E-state index contributed by atoms with van der Waals surface area (Å²) in [5.74, 6) is 0. The Labute approximate surface area is 76.3 Å². The van der Waals surface area contributed by atoms with Crippen LogP contribution in [0.25, 0.3) is 0 Å². The summed E-state index contributed by atoms with van der Waals surface area (Å²) in [5.41, 5.74) is 1.54. The molecule has 0 aromatic heterocycles. The third-order valence-corrected chi connectivity index (χ3v) is 4.31. The molecule has 0 bridgehead atoms. The van der Waals surface area contributed by atoms with Gasteiger partial charge in [0.2, 0.25) is 0 Å². The van der Waals surface area contributed by atoms with E-state index >= 15 is 0 Å². The average molecular weight is 182 g/mol. The molecule has 0 atom stereocenters. The summed E-state index contributed by atoms with van der Waals surface area (Å²) in [4.78, 5) is 0. The number of benzene rings is 1. The van der Waals surface area contributed by atoms with Crippen LogP contribution in [0.15, 0.2) is 24.3 Å². The summed E-state index contributed by atoms with van der Waals surface area (Å²) in [6, 6.07) is 8.86. The topological polar surface area (TPSA) is 0 Å². The van der Waals surface area contributed by atoms with Crippen LogP contribution in [0.5, 0.6) is 0 Å². The molecule has 0 nitrogen and oxygen atoms in total. The van der Waals surface area contributed by atoms with E-state index in [0.717, 1.165) is 0 Å². The Morgan fingerprint density at radius 1 is 1.08 bits per heavy atom. The first kappa shape index (κ1) is 9.74. The van der Waals surface area contributed by atoms with Gasteiger partial charge in [0.1, 0.15) is 0 Å². The van der Waals surface area contributed by atoms with E-state index in [9.17, 15) is 0 Å². The van der Waals surface area contributed by atoms with Gasteiger partial charge in [-0.2, -0.15) is 0 Å². The van der Waals surface area contributed by atoms with Gasteiger partial charge in [-0.1, -0.05) is 0 Å². The van der Waals surface area contributed by atoms with E-state index in [1.54, 1.807) is 5.30 Å². The van der Waals surface area contributed by atoms with E-state index in [1.165, 1.54) is 12.0 Å². The van der Waals surface area contributed by atoms with Crippen LogP contribution in [0.1, 0.15) is 12.5 Å². The first-order chi connectivity index (χ1) is 5.55. The molecule has 0 radical (unpaired) electrons. The Balaban J connectivity index is 3.14. The van der Waals surface area contributed by atoms with E-state index < -0.39 is 7.26 Å². The molecule has 1 aromatic carbocycles. The predicted octanol–water partition coefficient (Wildman–Crippen LogP) is 2.51. The number of aryl methyl sites for hydroxylation is 1. The summed E-state index contributed by atoms with van der Waals surface area (Å²) < 4.78 is 0. The molecule has 0 N–H and O–H groups in total. The van der Waals surface area contributed by atoms with Crippen molar-refractivity contribution in [2.45, 2.75) is 13.3 Å². The normalized spacial score (nSPS) is 13.0. The Morgan fingerprint density at radius 2 is 1.67 bits per heavy atom. The molecule has 0 spiro atoms. The molecular weight excluding hydrogens is 163 g/mol. The zero-order valence-corrected chi connectivity index (χ0v) is 9.52. The van der Waals surface area contributed by atoms with E-state index in [4.69, 9.17) is 0 Å². The van der Waals surface area contributed by atoms with Gasteiger partial charge < -0.3 is 0 Å². The molecule has 0 unspecified atom stereocenters. The van der Waals surface area contributed by atoms with Gasteiger partial charge in [0.05, 0.1) is 0 Å². The molecule has 0 saturated carbocycles. The van der Waals surface area contributed by atoms with Gasteiger partial charge in [0.15, 0.2) is 0 Å². The zero-order valence-electron chi connectivity index (χ0n) is 8.52. The molecule has 0 fully saturated rings. The first-order valence-corrected chi connectivity index (χ1v) is 8.14. The van der Waals surface area contributed by atoms with Gasteiger partial charge in [0, 0.05) is 0 Å². The first-order valence-electron chi connectivity index (χ1n) is 4.64. The molecule has 68 valence electrons. The van der Waals surface area contributed by atoms with Crippen molar-refractivity contribution in [2.75, 3.05) is 20.0 Å². The SMILES string of the molecule is CCc1ccccc1[PH](C)(C)C. The standard InChI is InChI=1S/C11H19P/c1-5-10-8-6-7-9-11(10)12(2,3)4/h6-9,12H,5H2,1-4H3. The second kappa shape index (κ2) is 3.58. The van der Waals surface area contributed by atoms with E-state index in [-0.39, 0.29) is 0 Å². The second-order valence-corrected chi connectivity index (χ2v) is 9.30. The van der Waals surface area contributed by atoms with Gasteiger partial charge in [-0.25, -0.2) is 0 Å². The summed E-state index contributed by atoms with van der Waals surface area (Å²) >= 11 is 0. The third-order valence-electron chi connectivity index (χ3n) is 2.21. The number of hydrogen-bond acceptors (Lipinski definition) is 0. The van der Waals surface area contributed by atoms with Crippen molar-refractivity contribution in [1.82, 2.24) is 0 Å². The Kier molecular flexibility index (Phi) is 2.90. The molecule has 12 heavy (non-hydrogen) atoms. The molecule has 0 aliphatic heterocycles. The zero-order chi connectivity index (χ0) is 9.19. The van der Waals surface area contributed by atoms with Gasteiger partial charge in [0.25, 0.3) is 0 Å². The molecule has 0 heterocycles. The molecule has 0 amide bonds. The van der Waals surface area contributed by atoms with Crippen LogP contribution >= 0.6 is 7.26 Å². The molecule has 1 aromatic rings. The van der Waals surface area contributed by atoms with Crippen molar-refractivity contribution in [3.8, 4) is 0 Å². The van der Waals surface area contributed by atoms with Crippen molar-refractivity contribution in [2.24, 2.45) is 0 Å². The number of rotatable bonds is 2. The second-order valence-electron chi connectivity index (χ2n) is 4.26. The molecule has 0 aliphatic carbocycles. The van der Waals surface area contributed by atoms with Crippen LogP contribution in [0.4, 0.5) is 0 Å². The predicted molar refractivity (Wildman–Crippen MR) is 61.5 cm³/mol. The maximum atomic E-state index is 2.40. The van der Waals surface area contributed by atoms with E-state index in [1.807, 2.05) is 0 Å². The monoisotopic (exact) mass is 182 g/mol. The fraction of sp³-hybridized carbons (Fsp3) is 0.455. The minimum atomic E-state index is -1.10. The van der Waals surface area contributed by atoms with Crippen molar-refractivity contribution in [3.63, 3.8) is 0 Å². The fourth-order valence-electron chi connectivity index (χ4n) is 1.56. The Bertz CT molecular complexity index is 258. The van der Waals surface area contributed by atoms with Crippen molar-refractivity contribution >= 4 is 12.6 Å². The van der Waals surface area contributed by atoms with Gasteiger partial charge >= 0.3 is 75.7 Å². The van der Waals surface area contributed by atoms with E-state index in [2.05, 4.69) is 51.2 Å². The molecule has 0 aliphatic rings. The van der Waals surface area contributed by atoms with Crippen molar-refractivity contribution in [3.05, 3.63) is 29.8 Å². The van der Waals surface area contributed by atoms with Gasteiger partial charge in [-0.05, 0) is 0 Å². The third kappa shape index (κ3) is 2.08. The van der Waals surface area contributed by atoms with Crippen molar-refractivity contribution in [1.29, 1.82) is 0 Å².